The summed E-state index contributed by atoms with van der Waals surface area (Å²) in [7, 11) is 0. The zero-order valence-corrected chi connectivity index (χ0v) is 12.2. The average Bonchev–Trinajstić information content (AvgIpc) is 3.11. The second-order valence-electron chi connectivity index (χ2n) is 6.01. The Bertz CT molecular complexity index is 639. The Kier molecular flexibility index (Phi) is 3.53. The lowest BCUT2D eigenvalue weighted by atomic mass is 9.80. The van der Waals surface area contributed by atoms with Crippen LogP contribution in [0.4, 0.5) is 0 Å². The summed E-state index contributed by atoms with van der Waals surface area (Å²) < 4.78 is 2.35. The number of fused-ring (bicyclic) bond motifs is 1. The first kappa shape index (κ1) is 13.2. The predicted octanol–water partition coefficient (Wildman–Crippen LogP) is 4.78. The average molecular weight is 266 g/mol. The van der Waals surface area contributed by atoms with Crippen molar-refractivity contribution >= 4 is 10.9 Å². The highest BCUT2D eigenvalue weighted by molar-refractivity contribution is 5.85. The maximum absolute atomic E-state index is 9.76. The van der Waals surface area contributed by atoms with Crippen molar-refractivity contribution in [3.05, 3.63) is 36.0 Å². The van der Waals surface area contributed by atoms with E-state index in [4.69, 9.17) is 0 Å². The molecule has 0 radical (unpaired) electrons. The molecule has 0 amide bonds. The molecule has 1 fully saturated rings. The minimum Gasteiger partial charge on any atom is -0.347 e. The van der Waals surface area contributed by atoms with Crippen LogP contribution in [0, 0.1) is 11.3 Å². The van der Waals surface area contributed by atoms with Crippen molar-refractivity contribution in [1.29, 1.82) is 5.26 Å². The van der Waals surface area contributed by atoms with Crippen molar-refractivity contribution in [3.8, 4) is 6.07 Å². The first-order valence-electron chi connectivity index (χ1n) is 7.80. The first-order valence-corrected chi connectivity index (χ1v) is 7.80. The van der Waals surface area contributed by atoms with E-state index in [1.165, 1.54) is 42.1 Å². The third-order valence-corrected chi connectivity index (χ3v) is 4.73. The topological polar surface area (TPSA) is 28.7 Å². The zero-order valence-electron chi connectivity index (χ0n) is 12.2. The monoisotopic (exact) mass is 266 g/mol. The molecule has 0 N–H and O–H groups in total. The highest BCUT2D eigenvalue weighted by Crippen LogP contribution is 2.43. The Balaban J connectivity index is 2.13. The molecular weight excluding hydrogens is 244 g/mol. The Labute approximate surface area is 121 Å². The van der Waals surface area contributed by atoms with Crippen molar-refractivity contribution in [1.82, 2.24) is 4.57 Å². The normalized spacial score (nSPS) is 17.4. The van der Waals surface area contributed by atoms with Gasteiger partial charge in [0.05, 0.1) is 11.5 Å². The van der Waals surface area contributed by atoms with Crippen LogP contribution in [0.3, 0.4) is 0 Å². The van der Waals surface area contributed by atoms with Gasteiger partial charge in [0.25, 0.3) is 0 Å². The van der Waals surface area contributed by atoms with E-state index in [0.29, 0.717) is 0 Å². The summed E-state index contributed by atoms with van der Waals surface area (Å²) in [4.78, 5) is 0. The molecule has 0 atom stereocenters. The van der Waals surface area contributed by atoms with Crippen LogP contribution in [-0.4, -0.2) is 4.57 Å². The van der Waals surface area contributed by atoms with Crippen LogP contribution >= 0.6 is 0 Å². The molecule has 1 aromatic carbocycles. The summed E-state index contributed by atoms with van der Waals surface area (Å²) in [5, 5.41) is 11.0. The molecule has 0 aliphatic heterocycles. The lowest BCUT2D eigenvalue weighted by molar-refractivity contribution is 0.570. The molecule has 20 heavy (non-hydrogen) atoms. The Hall–Kier alpha value is -1.75. The molecule has 2 nitrogen and oxygen atoms in total. The van der Waals surface area contributed by atoms with Crippen molar-refractivity contribution < 1.29 is 0 Å². The van der Waals surface area contributed by atoms with E-state index in [1.54, 1.807) is 0 Å². The zero-order chi connectivity index (χ0) is 14.0. The van der Waals surface area contributed by atoms with Gasteiger partial charge < -0.3 is 4.57 Å². The van der Waals surface area contributed by atoms with Crippen molar-refractivity contribution in [2.75, 3.05) is 0 Å². The van der Waals surface area contributed by atoms with Crippen LogP contribution in [0.1, 0.15) is 51.0 Å². The van der Waals surface area contributed by atoms with Gasteiger partial charge in [-0.3, -0.25) is 0 Å². The Morgan fingerprint density at radius 2 is 2.00 bits per heavy atom. The number of unbranched alkanes of at least 4 members (excludes halogenated alkanes) is 1. The van der Waals surface area contributed by atoms with Gasteiger partial charge in [0, 0.05) is 23.6 Å². The number of hydrogen-bond acceptors (Lipinski definition) is 1. The van der Waals surface area contributed by atoms with E-state index in [1.807, 2.05) is 0 Å². The summed E-state index contributed by atoms with van der Waals surface area (Å²) in [6.07, 6.45) is 9.05. The number of nitriles is 1. The molecule has 0 bridgehead atoms. The van der Waals surface area contributed by atoms with Gasteiger partial charge in [-0.15, -0.1) is 0 Å². The number of para-hydroxylation sites is 1. The van der Waals surface area contributed by atoms with Crippen LogP contribution in [0.2, 0.25) is 0 Å². The molecule has 0 saturated heterocycles. The highest BCUT2D eigenvalue weighted by Gasteiger charge is 2.38. The molecule has 0 spiro atoms. The smallest absolute Gasteiger partial charge is 0.0843 e. The SMILES string of the molecule is CCCCn1cc(C2(C#N)CCCC2)c2ccccc21. The maximum Gasteiger partial charge on any atom is 0.0843 e. The van der Waals surface area contributed by atoms with Gasteiger partial charge in [-0.05, 0) is 30.9 Å². The summed E-state index contributed by atoms with van der Waals surface area (Å²) in [5.41, 5.74) is 2.32. The molecular formula is C18H22N2. The minimum absolute atomic E-state index is 0.239. The number of nitrogens with zero attached hydrogens (tertiary/aromatic N) is 2. The van der Waals surface area contributed by atoms with Crippen LogP contribution in [-0.2, 0) is 12.0 Å². The third kappa shape index (κ3) is 2.02. The molecule has 0 unspecified atom stereocenters. The minimum atomic E-state index is -0.239. The second-order valence-corrected chi connectivity index (χ2v) is 6.01. The van der Waals surface area contributed by atoms with Crippen molar-refractivity contribution in [2.45, 2.75) is 57.4 Å². The van der Waals surface area contributed by atoms with Gasteiger partial charge in [0.1, 0.15) is 0 Å². The number of aromatic nitrogens is 1. The molecule has 1 aliphatic carbocycles. The van der Waals surface area contributed by atoms with E-state index < -0.39 is 0 Å². The molecule has 3 rings (SSSR count). The summed E-state index contributed by atoms with van der Waals surface area (Å²) >= 11 is 0. The fraction of sp³-hybridized carbons (Fsp3) is 0.500. The van der Waals surface area contributed by atoms with Crippen LogP contribution < -0.4 is 0 Å². The fourth-order valence-corrected chi connectivity index (χ4v) is 3.56. The van der Waals surface area contributed by atoms with E-state index in [9.17, 15) is 5.26 Å². The largest absolute Gasteiger partial charge is 0.347 e. The molecule has 1 heterocycles. The van der Waals surface area contributed by atoms with E-state index in [-0.39, 0.29) is 5.41 Å². The predicted molar refractivity (Wildman–Crippen MR) is 82.6 cm³/mol. The number of hydrogen-bond donors (Lipinski definition) is 0. The Morgan fingerprint density at radius 3 is 2.70 bits per heavy atom. The summed E-state index contributed by atoms with van der Waals surface area (Å²) in [6, 6.07) is 11.2. The molecule has 2 aromatic rings. The molecule has 2 heteroatoms. The molecule has 104 valence electrons. The number of aryl methyl sites for hydroxylation is 1. The van der Waals surface area contributed by atoms with Gasteiger partial charge in [0.2, 0.25) is 0 Å². The third-order valence-electron chi connectivity index (χ3n) is 4.73. The van der Waals surface area contributed by atoms with Gasteiger partial charge in [-0.25, -0.2) is 0 Å². The number of rotatable bonds is 4. The molecule has 1 aromatic heterocycles. The van der Waals surface area contributed by atoms with E-state index in [2.05, 4.69) is 48.0 Å². The second kappa shape index (κ2) is 5.32. The van der Waals surface area contributed by atoms with Crippen molar-refractivity contribution in [3.63, 3.8) is 0 Å². The first-order chi connectivity index (χ1) is 9.80. The standard InChI is InChI=1S/C18H22N2/c1-2-3-12-20-13-16(15-8-4-5-9-17(15)20)18(14-19)10-6-7-11-18/h4-5,8-9,13H,2-3,6-7,10-12H2,1H3. The quantitative estimate of drug-likeness (QED) is 0.783. The van der Waals surface area contributed by atoms with E-state index in [0.717, 1.165) is 19.4 Å². The highest BCUT2D eigenvalue weighted by atomic mass is 15.0. The summed E-state index contributed by atoms with van der Waals surface area (Å²) in [6.45, 7) is 3.28. The lowest BCUT2D eigenvalue weighted by Gasteiger charge is -2.19. The van der Waals surface area contributed by atoms with Crippen LogP contribution in [0.25, 0.3) is 10.9 Å². The lowest BCUT2D eigenvalue weighted by Crippen LogP contribution is -2.18. The fourth-order valence-electron chi connectivity index (χ4n) is 3.56. The van der Waals surface area contributed by atoms with Gasteiger partial charge in [0.15, 0.2) is 0 Å². The van der Waals surface area contributed by atoms with Gasteiger partial charge in [-0.1, -0.05) is 44.4 Å². The summed E-state index contributed by atoms with van der Waals surface area (Å²) in [5.74, 6) is 0. The van der Waals surface area contributed by atoms with Crippen LogP contribution in [0.5, 0.6) is 0 Å². The van der Waals surface area contributed by atoms with Crippen molar-refractivity contribution in [2.24, 2.45) is 0 Å². The molecule has 1 saturated carbocycles. The Morgan fingerprint density at radius 1 is 1.25 bits per heavy atom. The van der Waals surface area contributed by atoms with Gasteiger partial charge >= 0.3 is 0 Å². The number of benzene rings is 1. The van der Waals surface area contributed by atoms with Crippen LogP contribution in [0.15, 0.2) is 30.5 Å². The van der Waals surface area contributed by atoms with Gasteiger partial charge in [-0.2, -0.15) is 5.26 Å². The molecule has 1 aliphatic rings. The van der Waals surface area contributed by atoms with E-state index >= 15 is 0 Å². The maximum atomic E-state index is 9.76.